The molecule has 6 heteroatoms. The van der Waals surface area contributed by atoms with Crippen LogP contribution in [-0.4, -0.2) is 27.1 Å². The van der Waals surface area contributed by atoms with Gasteiger partial charge >= 0.3 is 12.0 Å². The van der Waals surface area contributed by atoms with Crippen molar-refractivity contribution in [2.75, 3.05) is 0 Å². The summed E-state index contributed by atoms with van der Waals surface area (Å²) in [6.07, 6.45) is 0. The molecule has 0 saturated heterocycles. The van der Waals surface area contributed by atoms with Crippen LogP contribution in [0.4, 0.5) is 4.79 Å². The Hall–Kier alpha value is -1.30. The molecule has 0 aromatic carbocycles. The third-order valence-corrected chi connectivity index (χ3v) is 1.03. The van der Waals surface area contributed by atoms with Gasteiger partial charge in [0.2, 0.25) is 0 Å². The number of primary amides is 1. The number of nitrogens with zero attached hydrogens (tertiary/aromatic N) is 1. The highest BCUT2D eigenvalue weighted by atomic mass is 28.2. The summed E-state index contributed by atoms with van der Waals surface area (Å²) in [6, 6.07) is -0.920. The van der Waals surface area contributed by atoms with Crippen LogP contribution in [0.15, 0.2) is 12.2 Å². The molecule has 0 aromatic rings. The highest BCUT2D eigenvalue weighted by Crippen LogP contribution is 1.93. The predicted molar refractivity (Wildman–Crippen MR) is 38.1 cm³/mol. The summed E-state index contributed by atoms with van der Waals surface area (Å²) in [7, 11) is 2.64. The van der Waals surface area contributed by atoms with Crippen LogP contribution in [0.5, 0.6) is 0 Å². The molecule has 2 amide bonds. The van der Waals surface area contributed by atoms with Gasteiger partial charge in [-0.05, 0) is 6.92 Å². The Morgan fingerprint density at radius 3 is 2.36 bits per heavy atom. The molecule has 0 saturated carbocycles. The summed E-state index contributed by atoms with van der Waals surface area (Å²) in [6.45, 7) is 4.74. The Morgan fingerprint density at radius 1 is 1.64 bits per heavy atom. The highest BCUT2D eigenvalue weighted by molar-refractivity contribution is 6.13. The second-order valence-corrected chi connectivity index (χ2v) is 2.20. The van der Waals surface area contributed by atoms with E-state index < -0.39 is 12.0 Å². The number of hydroxylamine groups is 1. The summed E-state index contributed by atoms with van der Waals surface area (Å²) in [5.41, 5.74) is 4.89. The van der Waals surface area contributed by atoms with Gasteiger partial charge in [-0.1, -0.05) is 6.58 Å². The molecule has 0 aromatic heterocycles. The third-order valence-electron chi connectivity index (χ3n) is 0.723. The molecule has 0 rings (SSSR count). The molecular formula is C5H7N2O3Si. The van der Waals surface area contributed by atoms with Gasteiger partial charge in [0.15, 0.2) is 0 Å². The topological polar surface area (TPSA) is 72.6 Å². The third kappa shape index (κ3) is 3.41. The Balaban J connectivity index is 3.95. The second-order valence-electron chi connectivity index (χ2n) is 1.79. The van der Waals surface area contributed by atoms with Crippen molar-refractivity contribution < 1.29 is 14.4 Å². The van der Waals surface area contributed by atoms with E-state index in [1.165, 1.54) is 6.92 Å². The zero-order valence-electron chi connectivity index (χ0n) is 5.96. The van der Waals surface area contributed by atoms with Crippen LogP contribution in [0, 0.1) is 0 Å². The molecule has 0 spiro atoms. The van der Waals surface area contributed by atoms with Crippen molar-refractivity contribution in [3.05, 3.63) is 12.2 Å². The van der Waals surface area contributed by atoms with E-state index >= 15 is 0 Å². The Morgan fingerprint density at radius 2 is 2.09 bits per heavy atom. The minimum absolute atomic E-state index is 0.175. The first-order chi connectivity index (χ1) is 4.95. The van der Waals surface area contributed by atoms with Gasteiger partial charge in [0.25, 0.3) is 10.4 Å². The molecule has 11 heavy (non-hydrogen) atoms. The molecule has 0 atom stereocenters. The lowest BCUT2D eigenvalue weighted by molar-refractivity contribution is -0.156. The predicted octanol–water partition coefficient (Wildman–Crippen LogP) is -0.515. The minimum Gasteiger partial charge on any atom is -0.350 e. The quantitative estimate of drug-likeness (QED) is 0.328. The van der Waals surface area contributed by atoms with Gasteiger partial charge in [-0.25, -0.2) is 9.59 Å². The van der Waals surface area contributed by atoms with Crippen LogP contribution < -0.4 is 5.73 Å². The van der Waals surface area contributed by atoms with Crippen molar-refractivity contribution >= 4 is 22.4 Å². The lowest BCUT2D eigenvalue weighted by Crippen LogP contribution is -2.35. The van der Waals surface area contributed by atoms with Crippen molar-refractivity contribution in [1.82, 2.24) is 4.73 Å². The number of carbonyl (C=O) groups is 2. The van der Waals surface area contributed by atoms with E-state index in [0.29, 0.717) is 4.73 Å². The maximum Gasteiger partial charge on any atom is 0.357 e. The average Bonchev–Trinajstić information content (AvgIpc) is 1.87. The standard InChI is InChI=1S/C5H7N2O3Si/c1-3(2)4(8)10-7(11)5(6)9/h1H2,2H3,(H2,6,9). The molecule has 0 aliphatic carbocycles. The maximum absolute atomic E-state index is 10.7. The van der Waals surface area contributed by atoms with Crippen molar-refractivity contribution in [3.63, 3.8) is 0 Å². The lowest BCUT2D eigenvalue weighted by Gasteiger charge is -2.12. The van der Waals surface area contributed by atoms with E-state index in [9.17, 15) is 9.59 Å². The molecule has 2 N–H and O–H groups in total. The normalized spacial score (nSPS) is 8.55. The Labute approximate surface area is 67.3 Å². The van der Waals surface area contributed by atoms with Crippen molar-refractivity contribution in [2.45, 2.75) is 6.92 Å². The number of nitrogens with two attached hydrogens (primary N) is 1. The van der Waals surface area contributed by atoms with Gasteiger partial charge in [-0.15, -0.1) is 0 Å². The van der Waals surface area contributed by atoms with Gasteiger partial charge in [0.05, 0.1) is 0 Å². The van der Waals surface area contributed by atoms with Crippen LogP contribution in [0.3, 0.4) is 0 Å². The average molecular weight is 171 g/mol. The number of urea groups is 1. The zero-order chi connectivity index (χ0) is 9.02. The van der Waals surface area contributed by atoms with Gasteiger partial charge < -0.3 is 10.6 Å². The summed E-state index contributed by atoms with van der Waals surface area (Å²) in [4.78, 5) is 25.2. The maximum atomic E-state index is 10.7. The molecule has 0 heterocycles. The van der Waals surface area contributed by atoms with E-state index in [1.54, 1.807) is 0 Å². The van der Waals surface area contributed by atoms with Crippen molar-refractivity contribution in [2.24, 2.45) is 5.73 Å². The summed E-state index contributed by atoms with van der Waals surface area (Å²) in [5, 5.41) is 0. The number of amides is 2. The molecule has 0 bridgehead atoms. The molecule has 3 radical (unpaired) electrons. The van der Waals surface area contributed by atoms with E-state index in [0.717, 1.165) is 0 Å². The van der Waals surface area contributed by atoms with Gasteiger partial charge in [0.1, 0.15) is 0 Å². The van der Waals surface area contributed by atoms with Crippen molar-refractivity contribution in [3.8, 4) is 0 Å². The monoisotopic (exact) mass is 171 g/mol. The number of hydrogen-bond donors (Lipinski definition) is 1. The smallest absolute Gasteiger partial charge is 0.350 e. The van der Waals surface area contributed by atoms with Gasteiger partial charge in [0, 0.05) is 5.57 Å². The van der Waals surface area contributed by atoms with E-state index in [2.05, 4.69) is 21.8 Å². The molecule has 0 fully saturated rings. The van der Waals surface area contributed by atoms with Crippen LogP contribution >= 0.6 is 0 Å². The molecule has 59 valence electrons. The van der Waals surface area contributed by atoms with Crippen molar-refractivity contribution in [1.29, 1.82) is 0 Å². The zero-order valence-corrected chi connectivity index (χ0v) is 6.96. The molecular weight excluding hydrogens is 164 g/mol. The van der Waals surface area contributed by atoms with Crippen LogP contribution in [0.2, 0.25) is 0 Å². The fraction of sp³-hybridized carbons (Fsp3) is 0.200. The fourth-order valence-corrected chi connectivity index (χ4v) is 0.289. The Bertz CT molecular complexity index is 204. The van der Waals surface area contributed by atoms with E-state index in [1.807, 2.05) is 0 Å². The molecule has 0 aliphatic rings. The minimum atomic E-state index is -0.920. The molecule has 5 nitrogen and oxygen atoms in total. The number of hydrogen-bond acceptors (Lipinski definition) is 3. The highest BCUT2D eigenvalue weighted by Gasteiger charge is 2.10. The number of carbonyl (C=O) groups excluding carboxylic acids is 2. The first-order valence-electron chi connectivity index (χ1n) is 2.63. The summed E-state index contributed by atoms with van der Waals surface area (Å²) >= 11 is 0. The van der Waals surface area contributed by atoms with Crippen LogP contribution in [-0.2, 0) is 9.63 Å². The van der Waals surface area contributed by atoms with E-state index in [4.69, 9.17) is 5.73 Å². The van der Waals surface area contributed by atoms with Gasteiger partial charge in [-0.3, -0.25) is 0 Å². The second kappa shape index (κ2) is 3.77. The Kier molecular flexibility index (Phi) is 3.32. The molecule has 0 unspecified atom stereocenters. The number of rotatable bonds is 1. The summed E-state index contributed by atoms with van der Waals surface area (Å²) < 4.78 is 0.441. The lowest BCUT2D eigenvalue weighted by atomic mass is 10.4. The van der Waals surface area contributed by atoms with Crippen LogP contribution in [0.25, 0.3) is 0 Å². The van der Waals surface area contributed by atoms with E-state index in [-0.39, 0.29) is 5.57 Å². The molecule has 0 aliphatic heterocycles. The fourth-order valence-electron chi connectivity index (χ4n) is 0.206. The SMILES string of the molecule is C=C(C)C(=O)ON([Si])C(N)=O. The first-order valence-corrected chi connectivity index (χ1v) is 3.08. The summed E-state index contributed by atoms with van der Waals surface area (Å²) in [5.74, 6) is -0.723. The largest absolute Gasteiger partial charge is 0.357 e. The van der Waals surface area contributed by atoms with Gasteiger partial charge in [-0.2, -0.15) is 4.73 Å². The van der Waals surface area contributed by atoms with Crippen LogP contribution in [0.1, 0.15) is 6.92 Å². The first kappa shape index (κ1) is 9.70.